The number of ether oxygens (including phenoxy) is 3. The van der Waals surface area contributed by atoms with Gasteiger partial charge in [0.1, 0.15) is 17.2 Å². The number of halogens is 1. The van der Waals surface area contributed by atoms with Crippen molar-refractivity contribution in [3.8, 4) is 17.2 Å². The van der Waals surface area contributed by atoms with E-state index in [9.17, 15) is 4.79 Å². The Morgan fingerprint density at radius 3 is 2.48 bits per heavy atom. The number of esters is 1. The van der Waals surface area contributed by atoms with Crippen molar-refractivity contribution in [2.24, 2.45) is 0 Å². The van der Waals surface area contributed by atoms with Gasteiger partial charge in [0.05, 0.1) is 18.8 Å². The molecule has 25 heavy (non-hydrogen) atoms. The predicted octanol–water partition coefficient (Wildman–Crippen LogP) is 4.62. The van der Waals surface area contributed by atoms with Crippen LogP contribution in [-0.2, 0) is 9.53 Å². The van der Waals surface area contributed by atoms with Crippen molar-refractivity contribution in [2.75, 3.05) is 7.11 Å². The molecular formula is C19H16ClNO4. The van der Waals surface area contributed by atoms with E-state index in [0.29, 0.717) is 22.3 Å². The van der Waals surface area contributed by atoms with Gasteiger partial charge in [-0.15, -0.1) is 0 Å². The maximum absolute atomic E-state index is 11.4. The summed E-state index contributed by atoms with van der Waals surface area (Å²) in [5.74, 6) is 1.37. The Hall–Kier alpha value is -2.79. The van der Waals surface area contributed by atoms with Gasteiger partial charge in [0.15, 0.2) is 6.10 Å². The first-order chi connectivity index (χ1) is 12.0. The van der Waals surface area contributed by atoms with E-state index >= 15 is 0 Å². The van der Waals surface area contributed by atoms with Gasteiger partial charge in [-0.05, 0) is 49.4 Å². The largest absolute Gasteiger partial charge is 0.479 e. The lowest BCUT2D eigenvalue weighted by Gasteiger charge is -2.13. The Morgan fingerprint density at radius 2 is 1.76 bits per heavy atom. The third-order valence-electron chi connectivity index (χ3n) is 3.53. The Morgan fingerprint density at radius 1 is 1.04 bits per heavy atom. The van der Waals surface area contributed by atoms with Crippen LogP contribution in [0.15, 0.2) is 54.7 Å². The van der Waals surface area contributed by atoms with E-state index in [4.69, 9.17) is 21.1 Å². The van der Waals surface area contributed by atoms with Gasteiger partial charge < -0.3 is 14.2 Å². The van der Waals surface area contributed by atoms with Gasteiger partial charge in [-0.1, -0.05) is 17.7 Å². The van der Waals surface area contributed by atoms with Gasteiger partial charge >= 0.3 is 5.97 Å². The first-order valence-electron chi connectivity index (χ1n) is 7.63. The number of methoxy groups -OCH3 is 1. The molecule has 0 fully saturated rings. The minimum atomic E-state index is -0.673. The minimum Gasteiger partial charge on any atom is -0.479 e. The molecule has 2 aromatic carbocycles. The second kappa shape index (κ2) is 7.40. The van der Waals surface area contributed by atoms with E-state index in [-0.39, 0.29) is 0 Å². The first kappa shape index (κ1) is 17.0. The van der Waals surface area contributed by atoms with Crippen molar-refractivity contribution < 1.29 is 19.0 Å². The predicted molar refractivity (Wildman–Crippen MR) is 95.4 cm³/mol. The Kier molecular flexibility index (Phi) is 5.05. The molecule has 0 amide bonds. The number of nitrogens with zero attached hydrogens (tertiary/aromatic N) is 1. The molecule has 3 rings (SSSR count). The maximum atomic E-state index is 11.4. The van der Waals surface area contributed by atoms with Crippen LogP contribution in [0, 0.1) is 0 Å². The van der Waals surface area contributed by atoms with E-state index in [0.717, 1.165) is 10.9 Å². The number of hydrogen-bond acceptors (Lipinski definition) is 5. The van der Waals surface area contributed by atoms with Crippen molar-refractivity contribution in [1.82, 2.24) is 4.98 Å². The molecule has 0 aliphatic heterocycles. The monoisotopic (exact) mass is 357 g/mol. The van der Waals surface area contributed by atoms with Crippen LogP contribution in [0.2, 0.25) is 5.02 Å². The molecule has 3 aromatic rings. The summed E-state index contributed by atoms with van der Waals surface area (Å²) < 4.78 is 15.9. The molecule has 0 radical (unpaired) electrons. The van der Waals surface area contributed by atoms with E-state index < -0.39 is 12.1 Å². The summed E-state index contributed by atoms with van der Waals surface area (Å²) in [7, 11) is 1.32. The fourth-order valence-electron chi connectivity index (χ4n) is 2.27. The van der Waals surface area contributed by atoms with E-state index in [1.807, 2.05) is 18.2 Å². The number of benzene rings is 2. The number of hydrogen-bond donors (Lipinski definition) is 0. The Labute approximate surface area is 150 Å². The molecule has 128 valence electrons. The highest BCUT2D eigenvalue weighted by Crippen LogP contribution is 2.27. The standard InChI is InChI=1S/C19H16ClNO4/c1-12(19(22)23-2)24-15-5-7-16(8-6-15)25-17-9-13-3-4-14(20)10-18(13)21-11-17/h3-12H,1-2H3. The van der Waals surface area contributed by atoms with Gasteiger partial charge in [-0.3, -0.25) is 4.98 Å². The molecule has 0 aliphatic rings. The van der Waals surface area contributed by atoms with Crippen LogP contribution < -0.4 is 9.47 Å². The third kappa shape index (κ3) is 4.19. The van der Waals surface area contributed by atoms with Gasteiger partial charge in [-0.25, -0.2) is 4.79 Å². The van der Waals surface area contributed by atoms with E-state index in [1.54, 1.807) is 43.5 Å². The van der Waals surface area contributed by atoms with Crippen molar-refractivity contribution in [1.29, 1.82) is 0 Å². The summed E-state index contributed by atoms with van der Waals surface area (Å²) in [5.41, 5.74) is 0.806. The van der Waals surface area contributed by atoms with Crippen molar-refractivity contribution >= 4 is 28.5 Å². The molecule has 5 nitrogen and oxygen atoms in total. The van der Waals surface area contributed by atoms with Crippen LogP contribution in [0.5, 0.6) is 17.2 Å². The van der Waals surface area contributed by atoms with Crippen LogP contribution in [0.1, 0.15) is 6.92 Å². The molecule has 0 bridgehead atoms. The van der Waals surface area contributed by atoms with Gasteiger partial charge in [0.2, 0.25) is 0 Å². The zero-order chi connectivity index (χ0) is 17.8. The number of carbonyl (C=O) groups is 1. The summed E-state index contributed by atoms with van der Waals surface area (Å²) in [5, 5.41) is 1.58. The van der Waals surface area contributed by atoms with Crippen molar-refractivity contribution in [3.05, 3.63) is 59.8 Å². The zero-order valence-electron chi connectivity index (χ0n) is 13.7. The zero-order valence-corrected chi connectivity index (χ0v) is 14.5. The number of carbonyl (C=O) groups excluding carboxylic acids is 1. The van der Waals surface area contributed by atoms with Gasteiger partial charge in [-0.2, -0.15) is 0 Å². The second-order valence-corrected chi connectivity index (χ2v) is 5.80. The first-order valence-corrected chi connectivity index (χ1v) is 8.00. The molecule has 1 heterocycles. The highest BCUT2D eigenvalue weighted by molar-refractivity contribution is 6.31. The molecule has 0 saturated carbocycles. The van der Waals surface area contributed by atoms with Gasteiger partial charge in [0.25, 0.3) is 0 Å². The normalized spacial score (nSPS) is 11.8. The summed E-state index contributed by atoms with van der Waals surface area (Å²) >= 11 is 5.96. The minimum absolute atomic E-state index is 0.428. The summed E-state index contributed by atoms with van der Waals surface area (Å²) in [4.78, 5) is 15.7. The number of pyridine rings is 1. The number of fused-ring (bicyclic) bond motifs is 1. The molecular weight excluding hydrogens is 342 g/mol. The van der Waals surface area contributed by atoms with Crippen LogP contribution in [0.4, 0.5) is 0 Å². The molecule has 1 aromatic heterocycles. The molecule has 0 N–H and O–H groups in total. The third-order valence-corrected chi connectivity index (χ3v) is 3.76. The van der Waals surface area contributed by atoms with E-state index in [2.05, 4.69) is 9.72 Å². The van der Waals surface area contributed by atoms with Gasteiger partial charge in [0, 0.05) is 10.4 Å². The Bertz CT molecular complexity index is 896. The summed E-state index contributed by atoms with van der Waals surface area (Å²) in [6, 6.07) is 14.4. The maximum Gasteiger partial charge on any atom is 0.346 e. The topological polar surface area (TPSA) is 57.7 Å². The van der Waals surface area contributed by atoms with Crippen LogP contribution in [0.3, 0.4) is 0 Å². The quantitative estimate of drug-likeness (QED) is 0.623. The Balaban J connectivity index is 1.71. The lowest BCUT2D eigenvalue weighted by molar-refractivity contribution is -0.147. The fraction of sp³-hybridized carbons (Fsp3) is 0.158. The van der Waals surface area contributed by atoms with E-state index in [1.165, 1.54) is 7.11 Å². The SMILES string of the molecule is COC(=O)C(C)Oc1ccc(Oc2cnc3cc(Cl)ccc3c2)cc1. The summed E-state index contributed by atoms with van der Waals surface area (Å²) in [6.07, 6.45) is 0.968. The van der Waals surface area contributed by atoms with Crippen LogP contribution in [0.25, 0.3) is 10.9 Å². The smallest absolute Gasteiger partial charge is 0.346 e. The molecule has 0 spiro atoms. The number of aromatic nitrogens is 1. The lowest BCUT2D eigenvalue weighted by Crippen LogP contribution is -2.24. The summed E-state index contributed by atoms with van der Waals surface area (Å²) in [6.45, 7) is 1.63. The van der Waals surface area contributed by atoms with Crippen molar-refractivity contribution in [2.45, 2.75) is 13.0 Å². The van der Waals surface area contributed by atoms with Crippen molar-refractivity contribution in [3.63, 3.8) is 0 Å². The average Bonchev–Trinajstić information content (AvgIpc) is 2.62. The molecule has 1 atom stereocenters. The second-order valence-electron chi connectivity index (χ2n) is 5.36. The highest BCUT2D eigenvalue weighted by atomic mass is 35.5. The molecule has 0 saturated heterocycles. The van der Waals surface area contributed by atoms with Crippen LogP contribution >= 0.6 is 11.6 Å². The molecule has 1 unspecified atom stereocenters. The number of rotatable bonds is 5. The fourth-order valence-corrected chi connectivity index (χ4v) is 2.44. The van der Waals surface area contributed by atoms with Crippen LogP contribution in [-0.4, -0.2) is 24.2 Å². The average molecular weight is 358 g/mol. The molecule has 6 heteroatoms. The lowest BCUT2D eigenvalue weighted by atomic mass is 10.2. The molecule has 0 aliphatic carbocycles. The highest BCUT2D eigenvalue weighted by Gasteiger charge is 2.14.